The van der Waals surface area contributed by atoms with E-state index >= 15 is 0 Å². The second-order valence-electron chi connectivity index (χ2n) is 9.23. The molecule has 1 unspecified atom stereocenters. The molecule has 0 aliphatic carbocycles. The summed E-state index contributed by atoms with van der Waals surface area (Å²) >= 11 is 0. The molecular formula is C26H35N3O7. The molecule has 0 aromatic carbocycles. The second kappa shape index (κ2) is 13.5. The quantitative estimate of drug-likeness (QED) is 0.495. The third-order valence-corrected chi connectivity index (χ3v) is 5.48. The summed E-state index contributed by atoms with van der Waals surface area (Å²) in [6.07, 6.45) is 7.27. The zero-order valence-corrected chi connectivity index (χ0v) is 21.3. The first-order valence-corrected chi connectivity index (χ1v) is 11.9. The molecule has 1 aliphatic heterocycles. The number of esters is 1. The van der Waals surface area contributed by atoms with Gasteiger partial charge >= 0.3 is 5.97 Å². The Balaban J connectivity index is 2.25. The summed E-state index contributed by atoms with van der Waals surface area (Å²) in [7, 11) is 0. The minimum Gasteiger partial charge on any atom is -0.460 e. The van der Waals surface area contributed by atoms with Crippen molar-refractivity contribution in [1.82, 2.24) is 15.6 Å². The number of rotatable bonds is 1. The van der Waals surface area contributed by atoms with E-state index in [-0.39, 0.29) is 54.5 Å². The Morgan fingerprint density at radius 2 is 1.86 bits per heavy atom. The Kier molecular flexibility index (Phi) is 10.8. The maximum Gasteiger partial charge on any atom is 0.328 e. The highest BCUT2D eigenvalue weighted by atomic mass is 16.5. The van der Waals surface area contributed by atoms with Crippen LogP contribution in [0.3, 0.4) is 0 Å². The zero-order chi connectivity index (χ0) is 26.8. The second-order valence-corrected chi connectivity index (χ2v) is 9.23. The van der Waals surface area contributed by atoms with Crippen LogP contribution in [-0.2, 0) is 25.5 Å². The van der Waals surface area contributed by atoms with Gasteiger partial charge in [-0.15, -0.1) is 0 Å². The Labute approximate surface area is 210 Å². The zero-order valence-electron chi connectivity index (χ0n) is 21.3. The van der Waals surface area contributed by atoms with Crippen molar-refractivity contribution < 1.29 is 33.4 Å². The fourth-order valence-corrected chi connectivity index (χ4v) is 3.62. The number of ketones is 1. The molecule has 2 heterocycles. The van der Waals surface area contributed by atoms with Crippen LogP contribution in [0.5, 0.6) is 0 Å². The molecule has 196 valence electrons. The molecule has 0 saturated heterocycles. The molecule has 36 heavy (non-hydrogen) atoms. The lowest BCUT2D eigenvalue weighted by atomic mass is 9.94. The van der Waals surface area contributed by atoms with Crippen molar-refractivity contribution in [3.8, 4) is 0 Å². The number of ether oxygens (including phenoxy) is 1. The van der Waals surface area contributed by atoms with E-state index in [0.717, 1.165) is 11.8 Å². The molecular weight excluding hydrogens is 466 g/mol. The van der Waals surface area contributed by atoms with Crippen molar-refractivity contribution in [2.45, 2.75) is 65.7 Å². The summed E-state index contributed by atoms with van der Waals surface area (Å²) in [5.41, 5.74) is 0.637. The number of carbonyl (C=O) groups is 4. The first kappa shape index (κ1) is 28.7. The molecule has 0 spiro atoms. The van der Waals surface area contributed by atoms with Gasteiger partial charge in [0, 0.05) is 18.9 Å². The van der Waals surface area contributed by atoms with Gasteiger partial charge in [-0.05, 0) is 25.8 Å². The Bertz CT molecular complexity index is 1040. The van der Waals surface area contributed by atoms with Gasteiger partial charge in [0.2, 0.25) is 11.8 Å². The number of nitrogens with one attached hydrogen (secondary N) is 2. The number of aliphatic hydroxyl groups is 1. The van der Waals surface area contributed by atoms with Crippen LogP contribution >= 0.6 is 0 Å². The van der Waals surface area contributed by atoms with Gasteiger partial charge < -0.3 is 24.9 Å². The molecule has 0 saturated carbocycles. The molecule has 3 N–H and O–H groups in total. The fraction of sp³-hybridized carbons (Fsp3) is 0.500. The molecule has 1 aromatic rings. The van der Waals surface area contributed by atoms with Crippen LogP contribution in [0.2, 0.25) is 0 Å². The molecule has 1 aliphatic rings. The number of aliphatic hydroxyl groups excluding tert-OH is 1. The maximum atomic E-state index is 12.7. The van der Waals surface area contributed by atoms with Gasteiger partial charge in [0.05, 0.1) is 12.5 Å². The average Bonchev–Trinajstić information content (AvgIpc) is 3.25. The molecule has 2 amide bonds. The molecule has 10 heteroatoms. The first-order chi connectivity index (χ1) is 17.0. The van der Waals surface area contributed by atoms with Crippen LogP contribution < -0.4 is 10.6 Å². The van der Waals surface area contributed by atoms with Crippen LogP contribution in [0.4, 0.5) is 0 Å². The number of hydrogen-bond donors (Lipinski definition) is 3. The highest BCUT2D eigenvalue weighted by Gasteiger charge is 2.28. The SMILES string of the molecule is CC1=C[C@@H](O)CC(=O)Cc2nc(co2)C(=O)N[C@H](C)C(=O)OC(C(C)C)[C@H](C)/C=C/C(=O)NCC=C1. The van der Waals surface area contributed by atoms with Crippen molar-refractivity contribution in [3.63, 3.8) is 0 Å². The van der Waals surface area contributed by atoms with E-state index in [4.69, 9.17) is 9.15 Å². The summed E-state index contributed by atoms with van der Waals surface area (Å²) in [4.78, 5) is 53.7. The van der Waals surface area contributed by atoms with Crippen molar-refractivity contribution in [2.75, 3.05) is 6.54 Å². The van der Waals surface area contributed by atoms with E-state index < -0.39 is 30.1 Å². The van der Waals surface area contributed by atoms with Gasteiger partial charge in [0.1, 0.15) is 24.2 Å². The standard InChI is InChI=1S/C26H35N3O7/c1-15(2)24-17(4)8-9-22(32)27-10-6-7-16(3)11-19(30)12-20(31)13-23-29-21(14-35-23)25(33)28-18(5)26(34)36-24/h6-9,11,14-15,17-19,24,30H,10,12-13H2,1-5H3,(H,27,32)(H,28,33)/b7-6?,9-8+,16-11?/t17-,18-,19-,24?/m1/s1. The van der Waals surface area contributed by atoms with E-state index in [0.29, 0.717) is 0 Å². The van der Waals surface area contributed by atoms with Crippen molar-refractivity contribution >= 4 is 23.6 Å². The molecule has 0 fully saturated rings. The van der Waals surface area contributed by atoms with Crippen LogP contribution in [0.15, 0.2) is 46.6 Å². The number of Topliss-reactive ketones (excluding diaryl/α,β-unsaturated/α-hetero) is 1. The number of aromatic nitrogens is 1. The number of amides is 2. The lowest BCUT2D eigenvalue weighted by Crippen LogP contribution is -2.42. The molecule has 1 aromatic heterocycles. The van der Waals surface area contributed by atoms with Gasteiger partial charge in [0.25, 0.3) is 5.91 Å². The summed E-state index contributed by atoms with van der Waals surface area (Å²) in [5.74, 6) is -2.20. The molecule has 2 rings (SSSR count). The van der Waals surface area contributed by atoms with E-state index in [1.165, 1.54) is 19.1 Å². The smallest absolute Gasteiger partial charge is 0.328 e. The molecule has 2 bridgehead atoms. The summed E-state index contributed by atoms with van der Waals surface area (Å²) in [6.45, 7) is 9.15. The molecule has 0 radical (unpaired) electrons. The number of hydrogen-bond acceptors (Lipinski definition) is 8. The Morgan fingerprint density at radius 1 is 1.14 bits per heavy atom. The minimum atomic E-state index is -1.01. The van der Waals surface area contributed by atoms with Gasteiger partial charge in [-0.25, -0.2) is 9.78 Å². The minimum absolute atomic E-state index is 0.0304. The number of carbonyl (C=O) groups excluding carboxylic acids is 4. The number of allylic oxidation sites excluding steroid dienone is 2. The van der Waals surface area contributed by atoms with Crippen LogP contribution in [0, 0.1) is 11.8 Å². The van der Waals surface area contributed by atoms with Crippen LogP contribution in [0.1, 0.15) is 57.4 Å². The lowest BCUT2D eigenvalue weighted by molar-refractivity contribution is -0.155. The number of oxazole rings is 1. The van der Waals surface area contributed by atoms with E-state index in [2.05, 4.69) is 15.6 Å². The highest BCUT2D eigenvalue weighted by Crippen LogP contribution is 2.19. The summed E-state index contributed by atoms with van der Waals surface area (Å²) in [5, 5.41) is 15.4. The molecule has 4 atom stereocenters. The highest BCUT2D eigenvalue weighted by molar-refractivity contribution is 5.95. The maximum absolute atomic E-state index is 12.7. The third kappa shape index (κ3) is 9.26. The number of cyclic esters (lactones) is 1. The van der Waals surface area contributed by atoms with Crippen molar-refractivity contribution in [1.29, 1.82) is 0 Å². The van der Waals surface area contributed by atoms with Gasteiger partial charge in [0.15, 0.2) is 5.69 Å². The average molecular weight is 502 g/mol. The van der Waals surface area contributed by atoms with Gasteiger partial charge in [-0.1, -0.05) is 50.6 Å². The topological polar surface area (TPSA) is 148 Å². The van der Waals surface area contributed by atoms with Crippen molar-refractivity contribution in [3.05, 3.63) is 53.8 Å². The fourth-order valence-electron chi connectivity index (χ4n) is 3.62. The lowest BCUT2D eigenvalue weighted by Gasteiger charge is -2.27. The van der Waals surface area contributed by atoms with Gasteiger partial charge in [-0.2, -0.15) is 0 Å². The summed E-state index contributed by atoms with van der Waals surface area (Å²) in [6, 6.07) is -0.974. The predicted octanol–water partition coefficient (Wildman–Crippen LogP) is 2.05. The number of nitrogens with zero attached hydrogens (tertiary/aromatic N) is 1. The van der Waals surface area contributed by atoms with E-state index in [1.807, 2.05) is 20.8 Å². The normalized spacial score (nSPS) is 26.6. The Hall–Kier alpha value is -3.53. The third-order valence-electron chi connectivity index (χ3n) is 5.48. The molecule has 10 nitrogen and oxygen atoms in total. The summed E-state index contributed by atoms with van der Waals surface area (Å²) < 4.78 is 10.9. The monoisotopic (exact) mass is 501 g/mol. The first-order valence-electron chi connectivity index (χ1n) is 11.9. The van der Waals surface area contributed by atoms with Crippen LogP contribution in [-0.4, -0.2) is 58.5 Å². The van der Waals surface area contributed by atoms with E-state index in [9.17, 15) is 24.3 Å². The predicted molar refractivity (Wildman–Crippen MR) is 132 cm³/mol. The Morgan fingerprint density at radius 3 is 2.56 bits per heavy atom. The van der Waals surface area contributed by atoms with Gasteiger partial charge in [-0.3, -0.25) is 14.4 Å². The van der Waals surface area contributed by atoms with E-state index in [1.54, 1.807) is 25.2 Å². The largest absolute Gasteiger partial charge is 0.460 e. The number of fused-ring (bicyclic) bond motifs is 2. The van der Waals surface area contributed by atoms with Crippen molar-refractivity contribution in [2.24, 2.45) is 11.8 Å². The van der Waals surface area contributed by atoms with Crippen LogP contribution in [0.25, 0.3) is 0 Å².